The molecule has 0 aromatic carbocycles. The van der Waals surface area contributed by atoms with Crippen molar-refractivity contribution < 1.29 is 12.8 Å². The van der Waals surface area contributed by atoms with E-state index in [1.807, 2.05) is 13.8 Å². The molecular formula is C11H16ClNO3S2. The molecule has 2 heterocycles. The van der Waals surface area contributed by atoms with Gasteiger partial charge in [-0.15, -0.1) is 11.6 Å². The zero-order valence-corrected chi connectivity index (χ0v) is 12.7. The van der Waals surface area contributed by atoms with Crippen molar-refractivity contribution in [3.63, 3.8) is 0 Å². The normalized spacial score (nSPS) is 21.1. The fraction of sp³-hybridized carbons (Fsp3) is 0.636. The van der Waals surface area contributed by atoms with E-state index in [0.717, 1.165) is 5.75 Å². The molecule has 0 radical (unpaired) electrons. The third kappa shape index (κ3) is 2.87. The van der Waals surface area contributed by atoms with Gasteiger partial charge in [0.05, 0.1) is 5.88 Å². The van der Waals surface area contributed by atoms with Gasteiger partial charge in [0, 0.05) is 23.6 Å². The Labute approximate surface area is 117 Å². The third-order valence-electron chi connectivity index (χ3n) is 2.75. The number of nitrogens with zero attached hydrogens (tertiary/aromatic N) is 1. The van der Waals surface area contributed by atoms with Crippen LogP contribution in [0, 0.1) is 0 Å². The maximum absolute atomic E-state index is 12.4. The SMILES string of the molecule is CC1(C)CN(S(=O)(=O)c2ccc(CCl)o2)CCS1. The minimum Gasteiger partial charge on any atom is -0.447 e. The molecule has 4 nitrogen and oxygen atoms in total. The largest absolute Gasteiger partial charge is 0.447 e. The van der Waals surface area contributed by atoms with Gasteiger partial charge >= 0.3 is 0 Å². The van der Waals surface area contributed by atoms with Crippen LogP contribution in [0.1, 0.15) is 19.6 Å². The van der Waals surface area contributed by atoms with E-state index in [0.29, 0.717) is 18.8 Å². The fourth-order valence-electron chi connectivity index (χ4n) is 1.87. The Morgan fingerprint density at radius 1 is 1.50 bits per heavy atom. The Morgan fingerprint density at radius 3 is 2.78 bits per heavy atom. The molecule has 0 N–H and O–H groups in total. The highest BCUT2D eigenvalue weighted by molar-refractivity contribution is 8.00. The summed E-state index contributed by atoms with van der Waals surface area (Å²) in [5, 5.41) is -0.0131. The van der Waals surface area contributed by atoms with Crippen molar-refractivity contribution in [2.45, 2.75) is 29.6 Å². The number of halogens is 1. The summed E-state index contributed by atoms with van der Waals surface area (Å²) in [7, 11) is -3.53. The van der Waals surface area contributed by atoms with Gasteiger partial charge in [0.25, 0.3) is 10.0 Å². The Balaban J connectivity index is 2.25. The summed E-state index contributed by atoms with van der Waals surface area (Å²) < 4.78 is 31.4. The van der Waals surface area contributed by atoms with Gasteiger partial charge in [0.15, 0.2) is 0 Å². The monoisotopic (exact) mass is 309 g/mol. The second kappa shape index (κ2) is 5.07. The van der Waals surface area contributed by atoms with Gasteiger partial charge in [-0.25, -0.2) is 8.42 Å². The number of rotatable bonds is 3. The Hall–Kier alpha value is -0.170. The van der Waals surface area contributed by atoms with Gasteiger partial charge in [-0.2, -0.15) is 16.1 Å². The highest BCUT2D eigenvalue weighted by Gasteiger charge is 2.36. The summed E-state index contributed by atoms with van der Waals surface area (Å²) in [6, 6.07) is 3.07. The van der Waals surface area contributed by atoms with Gasteiger partial charge in [-0.05, 0) is 26.0 Å². The molecule has 0 amide bonds. The van der Waals surface area contributed by atoms with E-state index in [2.05, 4.69) is 0 Å². The first kappa shape index (κ1) is 14.2. The minimum atomic E-state index is -3.53. The van der Waals surface area contributed by atoms with E-state index < -0.39 is 10.0 Å². The first-order valence-electron chi connectivity index (χ1n) is 5.64. The third-order valence-corrected chi connectivity index (χ3v) is 6.03. The molecule has 1 aromatic heterocycles. The van der Waals surface area contributed by atoms with Gasteiger partial charge < -0.3 is 4.42 Å². The first-order chi connectivity index (χ1) is 8.35. The second-order valence-electron chi connectivity index (χ2n) is 4.80. The molecule has 1 fully saturated rings. The minimum absolute atomic E-state index is 0.0131. The van der Waals surface area contributed by atoms with E-state index in [9.17, 15) is 8.42 Å². The molecule has 18 heavy (non-hydrogen) atoms. The van der Waals surface area contributed by atoms with Crippen molar-refractivity contribution in [1.29, 1.82) is 0 Å². The van der Waals surface area contributed by atoms with Crippen LogP contribution >= 0.6 is 23.4 Å². The van der Waals surface area contributed by atoms with Crippen molar-refractivity contribution >= 4 is 33.4 Å². The second-order valence-corrected chi connectivity index (χ2v) is 8.74. The highest BCUT2D eigenvalue weighted by Crippen LogP contribution is 2.32. The molecule has 0 atom stereocenters. The Bertz CT molecular complexity index is 524. The number of hydrogen-bond acceptors (Lipinski definition) is 4. The molecule has 0 aliphatic carbocycles. The van der Waals surface area contributed by atoms with Crippen molar-refractivity contribution in [2.24, 2.45) is 0 Å². The van der Waals surface area contributed by atoms with Crippen molar-refractivity contribution in [1.82, 2.24) is 4.31 Å². The molecule has 7 heteroatoms. The summed E-state index contributed by atoms with van der Waals surface area (Å²) >= 11 is 7.40. The van der Waals surface area contributed by atoms with Gasteiger partial charge in [0.2, 0.25) is 5.09 Å². The average molecular weight is 310 g/mol. The van der Waals surface area contributed by atoms with Crippen LogP contribution in [0.5, 0.6) is 0 Å². The maximum Gasteiger partial charge on any atom is 0.276 e. The molecule has 1 saturated heterocycles. The number of hydrogen-bond donors (Lipinski definition) is 0. The topological polar surface area (TPSA) is 50.5 Å². The lowest BCUT2D eigenvalue weighted by atomic mass is 10.2. The van der Waals surface area contributed by atoms with E-state index >= 15 is 0 Å². The molecule has 1 aliphatic heterocycles. The zero-order chi connectivity index (χ0) is 13.4. The molecule has 102 valence electrons. The van der Waals surface area contributed by atoms with Crippen LogP contribution in [0.3, 0.4) is 0 Å². The fourth-order valence-corrected chi connectivity index (χ4v) is 4.86. The summed E-state index contributed by atoms with van der Waals surface area (Å²) in [5.74, 6) is 1.45. The summed E-state index contributed by atoms with van der Waals surface area (Å²) in [4.78, 5) is 0. The Morgan fingerprint density at radius 2 is 2.22 bits per heavy atom. The standard InChI is InChI=1S/C11H16ClNO3S2/c1-11(2)8-13(5-6-17-11)18(14,15)10-4-3-9(7-12)16-10/h3-4H,5-8H2,1-2H3. The Kier molecular flexibility index (Phi) is 4.02. The average Bonchev–Trinajstić information content (AvgIpc) is 2.76. The zero-order valence-electron chi connectivity index (χ0n) is 10.3. The van der Waals surface area contributed by atoms with Crippen molar-refractivity contribution in [3.05, 3.63) is 17.9 Å². The van der Waals surface area contributed by atoms with Crippen LogP contribution in [0.25, 0.3) is 0 Å². The lowest BCUT2D eigenvalue weighted by Gasteiger charge is -2.36. The van der Waals surface area contributed by atoms with Crippen LogP contribution in [-0.4, -0.2) is 36.3 Å². The van der Waals surface area contributed by atoms with Gasteiger partial charge in [0.1, 0.15) is 5.76 Å². The van der Waals surface area contributed by atoms with Crippen LogP contribution in [0.4, 0.5) is 0 Å². The molecule has 0 unspecified atom stereocenters. The number of alkyl halides is 1. The molecule has 0 bridgehead atoms. The van der Waals surface area contributed by atoms with Crippen molar-refractivity contribution in [2.75, 3.05) is 18.8 Å². The molecule has 1 aromatic rings. The van der Waals surface area contributed by atoms with E-state index in [4.69, 9.17) is 16.0 Å². The van der Waals surface area contributed by atoms with E-state index in [-0.39, 0.29) is 15.7 Å². The van der Waals surface area contributed by atoms with Gasteiger partial charge in [-0.3, -0.25) is 0 Å². The van der Waals surface area contributed by atoms with Gasteiger partial charge in [-0.1, -0.05) is 0 Å². The molecule has 2 rings (SSSR count). The molecular weight excluding hydrogens is 294 g/mol. The lowest BCUT2D eigenvalue weighted by molar-refractivity contribution is 0.358. The smallest absolute Gasteiger partial charge is 0.276 e. The highest BCUT2D eigenvalue weighted by atomic mass is 35.5. The molecule has 0 spiro atoms. The van der Waals surface area contributed by atoms with E-state index in [1.165, 1.54) is 10.4 Å². The van der Waals surface area contributed by atoms with Crippen LogP contribution in [0.2, 0.25) is 0 Å². The number of sulfonamides is 1. The number of thioether (sulfide) groups is 1. The van der Waals surface area contributed by atoms with Crippen LogP contribution in [0.15, 0.2) is 21.6 Å². The molecule has 0 saturated carbocycles. The van der Waals surface area contributed by atoms with Crippen molar-refractivity contribution in [3.8, 4) is 0 Å². The summed E-state index contributed by atoms with van der Waals surface area (Å²) in [6.45, 7) is 5.11. The van der Waals surface area contributed by atoms with Crippen LogP contribution in [-0.2, 0) is 15.9 Å². The van der Waals surface area contributed by atoms with E-state index in [1.54, 1.807) is 17.8 Å². The predicted molar refractivity (Wildman–Crippen MR) is 73.6 cm³/mol. The molecule has 1 aliphatic rings. The summed E-state index contributed by atoms with van der Waals surface area (Å²) in [6.07, 6.45) is 0. The first-order valence-corrected chi connectivity index (χ1v) is 8.60. The number of furan rings is 1. The predicted octanol–water partition coefficient (Wildman–Crippen LogP) is 2.53. The van der Waals surface area contributed by atoms with Crippen LogP contribution < -0.4 is 0 Å². The lowest BCUT2D eigenvalue weighted by Crippen LogP contribution is -2.45. The quantitative estimate of drug-likeness (QED) is 0.805. The summed E-state index contributed by atoms with van der Waals surface area (Å²) in [5.41, 5.74) is 0. The maximum atomic E-state index is 12.4.